The number of aromatic nitrogens is 3. The van der Waals surface area contributed by atoms with Crippen molar-refractivity contribution in [3.63, 3.8) is 0 Å². The summed E-state index contributed by atoms with van der Waals surface area (Å²) in [5.74, 6) is -4.34. The average Bonchev–Trinajstić information content (AvgIpc) is 3.28. The molecule has 0 aliphatic carbocycles. The van der Waals surface area contributed by atoms with Crippen molar-refractivity contribution in [3.05, 3.63) is 123 Å². The number of amides is 3. The predicted octanol–water partition coefficient (Wildman–Crippen LogP) is 5.48. The van der Waals surface area contributed by atoms with Gasteiger partial charge in [-0.3, -0.25) is 24.1 Å². The minimum Gasteiger partial charge on any atom is -0.397 e. The Bertz CT molecular complexity index is 2520. The molecule has 0 saturated carbocycles. The molecule has 0 radical (unpaired) electrons. The highest BCUT2D eigenvalue weighted by atomic mass is 19.3. The van der Waals surface area contributed by atoms with Crippen molar-refractivity contribution < 1.29 is 32.3 Å². The number of alkyl halides is 2. The van der Waals surface area contributed by atoms with Crippen molar-refractivity contribution >= 4 is 34.2 Å². The van der Waals surface area contributed by atoms with Crippen LogP contribution in [-0.4, -0.2) is 124 Å². The lowest BCUT2D eigenvalue weighted by molar-refractivity contribution is -0.135. The van der Waals surface area contributed by atoms with Gasteiger partial charge in [-0.25, -0.2) is 23.3 Å². The third kappa shape index (κ3) is 9.50. The number of benzene rings is 3. The third-order valence-electron chi connectivity index (χ3n) is 12.2. The number of nitrogens with two attached hydrogens (primary N) is 1. The van der Waals surface area contributed by atoms with Gasteiger partial charge in [0.2, 0.25) is 5.91 Å². The Morgan fingerprint density at radius 3 is 2.15 bits per heavy atom. The van der Waals surface area contributed by atoms with E-state index in [0.717, 1.165) is 19.8 Å². The zero-order chi connectivity index (χ0) is 43.5. The fourth-order valence-electron chi connectivity index (χ4n) is 8.58. The molecule has 3 aromatic carbocycles. The second kappa shape index (κ2) is 18.1. The zero-order valence-electron chi connectivity index (χ0n) is 34.5. The number of carbonyl (C=O) groups excluding carboxylic acids is 3. The summed E-state index contributed by atoms with van der Waals surface area (Å²) in [6, 6.07) is 19.2. The second-order valence-electron chi connectivity index (χ2n) is 16.4. The van der Waals surface area contributed by atoms with E-state index in [0.29, 0.717) is 91.7 Å². The summed E-state index contributed by atoms with van der Waals surface area (Å²) in [6.45, 7) is 4.78. The molecule has 0 spiro atoms. The predicted molar refractivity (Wildman–Crippen MR) is 227 cm³/mol. The number of hydrogen-bond acceptors (Lipinski definition) is 9. The quantitative estimate of drug-likeness (QED) is 0.186. The molecule has 324 valence electrons. The number of nitrogen functional groups attached to an aromatic ring is 1. The molecule has 3 amide bonds. The minimum atomic E-state index is -2.99. The highest BCUT2D eigenvalue weighted by Crippen LogP contribution is 2.32. The van der Waals surface area contributed by atoms with E-state index in [9.17, 15) is 28.0 Å². The molecule has 3 N–H and O–H groups in total. The topological polar surface area (TPSA) is 158 Å². The van der Waals surface area contributed by atoms with Crippen molar-refractivity contribution in [1.82, 2.24) is 34.8 Å². The Balaban J connectivity index is 0.758. The first-order valence-electron chi connectivity index (χ1n) is 21.0. The number of H-pyrrole nitrogens is 1. The molecule has 3 fully saturated rings. The molecule has 3 saturated heterocycles. The van der Waals surface area contributed by atoms with Crippen LogP contribution in [0.3, 0.4) is 0 Å². The van der Waals surface area contributed by atoms with Gasteiger partial charge in [0.25, 0.3) is 23.3 Å². The van der Waals surface area contributed by atoms with Gasteiger partial charge in [-0.15, -0.1) is 0 Å². The molecular formula is C46H49F3N8O5. The van der Waals surface area contributed by atoms with Gasteiger partial charge in [0.1, 0.15) is 5.82 Å². The second-order valence-corrected chi connectivity index (χ2v) is 16.4. The fourth-order valence-corrected chi connectivity index (χ4v) is 8.58. The fraction of sp³-hybridized carbons (Fsp3) is 0.391. The standard InChI is InChI=1S/C46H49F3N8O5/c1-46(48,49)32-6-4-5-30(25-32)31-26-39(50)42(51-27-31)45(61)56-17-13-34(14-18-56)62-33-11-15-54(16-12-33)28-41(58)55-19-21-57(22-20-55)44(60)37-23-29(9-10-38(37)47)24-40-35-7-2-3-8-36(35)43(59)53-52-40/h2-10,23,25-27,33-34H,11-22,24,28,50H2,1H3,(H,53,59). The number of rotatable bonds is 10. The number of piperazine rings is 1. The number of nitrogens with one attached hydrogen (secondary N) is 1. The summed E-state index contributed by atoms with van der Waals surface area (Å²) in [7, 11) is 0. The van der Waals surface area contributed by atoms with Crippen LogP contribution < -0.4 is 11.3 Å². The van der Waals surface area contributed by atoms with E-state index in [1.165, 1.54) is 30.5 Å². The van der Waals surface area contributed by atoms with E-state index >= 15 is 4.39 Å². The van der Waals surface area contributed by atoms with E-state index in [-0.39, 0.29) is 71.7 Å². The van der Waals surface area contributed by atoms with Crippen LogP contribution in [0.2, 0.25) is 0 Å². The van der Waals surface area contributed by atoms with Crippen LogP contribution in [-0.2, 0) is 21.9 Å². The Labute approximate surface area is 356 Å². The Kier molecular flexibility index (Phi) is 12.4. The SMILES string of the molecule is CC(F)(F)c1cccc(-c2cnc(C(=O)N3CCC(OC4CCN(CC(=O)N5CCN(C(=O)c6cc(Cc7n[nH]c(=O)c8ccccc78)ccc6F)CC5)CC4)CC3)c(N)c2)c1. The number of fused-ring (bicyclic) bond motifs is 1. The highest BCUT2D eigenvalue weighted by molar-refractivity contribution is 5.98. The number of aromatic amines is 1. The van der Waals surface area contributed by atoms with Gasteiger partial charge in [0.15, 0.2) is 5.69 Å². The van der Waals surface area contributed by atoms with Crippen molar-refractivity contribution in [3.8, 4) is 11.1 Å². The maximum absolute atomic E-state index is 15.0. The van der Waals surface area contributed by atoms with Gasteiger partial charge in [-0.2, -0.15) is 5.10 Å². The summed E-state index contributed by atoms with van der Waals surface area (Å²) < 4.78 is 49.2. The van der Waals surface area contributed by atoms with Gasteiger partial charge in [-0.1, -0.05) is 42.5 Å². The summed E-state index contributed by atoms with van der Waals surface area (Å²) in [5.41, 5.74) is 8.50. The molecule has 0 bridgehead atoms. The summed E-state index contributed by atoms with van der Waals surface area (Å²) in [4.78, 5) is 63.9. The van der Waals surface area contributed by atoms with Gasteiger partial charge in [0, 0.05) is 88.4 Å². The lowest BCUT2D eigenvalue weighted by Crippen LogP contribution is -2.53. The Morgan fingerprint density at radius 1 is 0.790 bits per heavy atom. The van der Waals surface area contributed by atoms with Crippen molar-refractivity contribution in [2.45, 2.75) is 57.2 Å². The molecule has 3 aliphatic rings. The first-order chi connectivity index (χ1) is 29.8. The van der Waals surface area contributed by atoms with Crippen LogP contribution in [0.5, 0.6) is 0 Å². The zero-order valence-corrected chi connectivity index (χ0v) is 34.5. The molecule has 0 atom stereocenters. The van der Waals surface area contributed by atoms with Crippen LogP contribution in [0.4, 0.5) is 18.9 Å². The van der Waals surface area contributed by atoms with Crippen LogP contribution in [0, 0.1) is 5.82 Å². The smallest absolute Gasteiger partial charge is 0.274 e. The number of carbonyl (C=O) groups is 3. The molecule has 5 aromatic rings. The van der Waals surface area contributed by atoms with Crippen LogP contribution in [0.25, 0.3) is 21.9 Å². The molecule has 16 heteroatoms. The number of halogens is 3. The first kappa shape index (κ1) is 42.6. The maximum Gasteiger partial charge on any atom is 0.274 e. The minimum absolute atomic E-state index is 0.00289. The van der Waals surface area contributed by atoms with Gasteiger partial charge in [-0.05, 0) is 67.1 Å². The lowest BCUT2D eigenvalue weighted by Gasteiger charge is -2.38. The highest BCUT2D eigenvalue weighted by Gasteiger charge is 2.32. The lowest BCUT2D eigenvalue weighted by atomic mass is 10.0. The van der Waals surface area contributed by atoms with Gasteiger partial charge in [0.05, 0.1) is 41.1 Å². The Morgan fingerprint density at radius 2 is 1.45 bits per heavy atom. The summed E-state index contributed by atoms with van der Waals surface area (Å²) in [6.07, 6.45) is 4.71. The number of ether oxygens (including phenoxy) is 1. The van der Waals surface area contributed by atoms with E-state index in [2.05, 4.69) is 20.1 Å². The number of pyridine rings is 1. The van der Waals surface area contributed by atoms with E-state index in [4.69, 9.17) is 10.5 Å². The average molecular weight is 851 g/mol. The third-order valence-corrected chi connectivity index (χ3v) is 12.2. The molecule has 2 aromatic heterocycles. The largest absolute Gasteiger partial charge is 0.397 e. The van der Waals surface area contributed by atoms with Crippen molar-refractivity contribution in [1.29, 1.82) is 0 Å². The molecular weight excluding hydrogens is 802 g/mol. The molecule has 8 rings (SSSR count). The normalized spacial score (nSPS) is 17.1. The molecule has 13 nitrogen and oxygen atoms in total. The first-order valence-corrected chi connectivity index (χ1v) is 21.0. The molecule has 3 aliphatic heterocycles. The summed E-state index contributed by atoms with van der Waals surface area (Å²) >= 11 is 0. The van der Waals surface area contributed by atoms with E-state index in [1.807, 2.05) is 12.1 Å². The maximum atomic E-state index is 15.0. The van der Waals surface area contributed by atoms with Gasteiger partial charge < -0.3 is 25.2 Å². The molecule has 0 unspecified atom stereocenters. The summed E-state index contributed by atoms with van der Waals surface area (Å²) in [5, 5.41) is 7.92. The monoisotopic (exact) mass is 850 g/mol. The van der Waals surface area contributed by atoms with Crippen molar-refractivity contribution in [2.24, 2.45) is 0 Å². The van der Waals surface area contributed by atoms with E-state index < -0.39 is 17.6 Å². The van der Waals surface area contributed by atoms with Gasteiger partial charge >= 0.3 is 0 Å². The van der Waals surface area contributed by atoms with Crippen molar-refractivity contribution in [2.75, 3.05) is 64.6 Å². The Hall–Kier alpha value is -6.13. The van der Waals surface area contributed by atoms with E-state index in [1.54, 1.807) is 51.1 Å². The van der Waals surface area contributed by atoms with Crippen LogP contribution >= 0.6 is 0 Å². The van der Waals surface area contributed by atoms with Crippen LogP contribution in [0.1, 0.15) is 70.3 Å². The number of hydrogen-bond donors (Lipinski definition) is 2. The number of nitrogens with zero attached hydrogens (tertiary/aromatic N) is 6. The van der Waals surface area contributed by atoms with Crippen LogP contribution in [0.15, 0.2) is 83.8 Å². The number of anilines is 1. The number of likely N-dealkylation sites (tertiary alicyclic amines) is 2. The number of piperidine rings is 2. The molecule has 62 heavy (non-hydrogen) atoms. The molecule has 5 heterocycles.